The zero-order chi connectivity index (χ0) is 14.3. The van der Waals surface area contributed by atoms with Gasteiger partial charge in [0.1, 0.15) is 5.82 Å². The highest BCUT2D eigenvalue weighted by molar-refractivity contribution is 5.41. The fourth-order valence-corrected chi connectivity index (χ4v) is 3.42. The van der Waals surface area contributed by atoms with Crippen LogP contribution in [0, 0.1) is 0 Å². The van der Waals surface area contributed by atoms with E-state index in [-0.39, 0.29) is 5.41 Å². The maximum Gasteiger partial charge on any atom is 0.139 e. The lowest BCUT2D eigenvalue weighted by Crippen LogP contribution is -2.17. The summed E-state index contributed by atoms with van der Waals surface area (Å²) in [6.45, 7) is 4.05. The van der Waals surface area contributed by atoms with Gasteiger partial charge in [-0.1, -0.05) is 43.7 Å². The number of benzene rings is 1. The quantitative estimate of drug-likeness (QED) is 0.934. The number of aromatic nitrogens is 2. The van der Waals surface area contributed by atoms with Crippen LogP contribution < -0.4 is 5.32 Å². The monoisotopic (exact) mass is 279 g/mol. The van der Waals surface area contributed by atoms with Crippen molar-refractivity contribution >= 4 is 0 Å². The average molecular weight is 279 g/mol. The molecule has 0 amide bonds. The lowest BCUT2D eigenvalue weighted by atomic mass is 9.94. The van der Waals surface area contributed by atoms with Crippen molar-refractivity contribution in [3.05, 3.63) is 58.7 Å². The first-order valence-corrected chi connectivity index (χ1v) is 7.99. The van der Waals surface area contributed by atoms with Crippen LogP contribution in [0.15, 0.2) is 30.3 Å². The highest BCUT2D eigenvalue weighted by atomic mass is 15.0. The van der Waals surface area contributed by atoms with Gasteiger partial charge in [0.15, 0.2) is 0 Å². The van der Waals surface area contributed by atoms with Gasteiger partial charge in [-0.2, -0.15) is 0 Å². The van der Waals surface area contributed by atoms with E-state index in [4.69, 9.17) is 9.97 Å². The molecule has 0 bridgehead atoms. The van der Waals surface area contributed by atoms with Crippen molar-refractivity contribution < 1.29 is 0 Å². The molecule has 1 aromatic heterocycles. The second kappa shape index (κ2) is 4.92. The molecule has 3 nitrogen and oxygen atoms in total. The number of nitrogens with zero attached hydrogens (tertiary/aromatic N) is 2. The number of nitrogens with one attached hydrogen (secondary N) is 1. The molecule has 108 valence electrons. The van der Waals surface area contributed by atoms with Crippen LogP contribution in [-0.2, 0) is 24.9 Å². The molecule has 1 aromatic carbocycles. The summed E-state index contributed by atoms with van der Waals surface area (Å²) in [5.74, 6) is 1.06. The van der Waals surface area contributed by atoms with Crippen molar-refractivity contribution in [2.24, 2.45) is 0 Å². The molecule has 0 atom stereocenters. The second-order valence-electron chi connectivity index (χ2n) is 6.22. The fraction of sp³-hybridized carbons (Fsp3) is 0.444. The van der Waals surface area contributed by atoms with E-state index in [2.05, 4.69) is 42.6 Å². The van der Waals surface area contributed by atoms with E-state index in [1.54, 1.807) is 0 Å². The van der Waals surface area contributed by atoms with Gasteiger partial charge in [0.25, 0.3) is 0 Å². The minimum absolute atomic E-state index is 0.0847. The maximum atomic E-state index is 4.99. The molecule has 0 spiro atoms. The fourth-order valence-electron chi connectivity index (χ4n) is 3.42. The first-order valence-electron chi connectivity index (χ1n) is 7.99. The summed E-state index contributed by atoms with van der Waals surface area (Å²) in [4.78, 5) is 9.93. The molecule has 2 heterocycles. The van der Waals surface area contributed by atoms with Gasteiger partial charge in [-0.3, -0.25) is 0 Å². The Hall–Kier alpha value is -1.74. The summed E-state index contributed by atoms with van der Waals surface area (Å²) in [7, 11) is 0. The van der Waals surface area contributed by atoms with Gasteiger partial charge in [-0.15, -0.1) is 0 Å². The molecule has 1 N–H and O–H groups in total. The Morgan fingerprint density at radius 1 is 1.10 bits per heavy atom. The third-order valence-electron chi connectivity index (χ3n) is 4.76. The van der Waals surface area contributed by atoms with E-state index in [1.807, 2.05) is 0 Å². The van der Waals surface area contributed by atoms with Crippen LogP contribution in [-0.4, -0.2) is 9.97 Å². The highest BCUT2D eigenvalue weighted by Crippen LogP contribution is 2.52. The van der Waals surface area contributed by atoms with Crippen LogP contribution in [0.4, 0.5) is 0 Å². The molecule has 1 saturated carbocycles. The summed E-state index contributed by atoms with van der Waals surface area (Å²) < 4.78 is 0. The normalized spacial score (nSPS) is 18.5. The molecule has 0 saturated heterocycles. The van der Waals surface area contributed by atoms with E-state index in [9.17, 15) is 0 Å². The third kappa shape index (κ3) is 2.07. The van der Waals surface area contributed by atoms with Crippen LogP contribution in [0.5, 0.6) is 0 Å². The van der Waals surface area contributed by atoms with E-state index in [0.29, 0.717) is 0 Å². The Balaban J connectivity index is 1.81. The first-order chi connectivity index (χ1) is 10.3. The molecule has 2 aromatic rings. The summed E-state index contributed by atoms with van der Waals surface area (Å²) >= 11 is 0. The Labute approximate surface area is 125 Å². The molecule has 3 heteroatoms. The van der Waals surface area contributed by atoms with E-state index in [0.717, 1.165) is 31.8 Å². The van der Waals surface area contributed by atoms with E-state index < -0.39 is 0 Å². The molecule has 21 heavy (non-hydrogen) atoms. The molecule has 1 aliphatic heterocycles. The summed E-state index contributed by atoms with van der Waals surface area (Å²) in [6.07, 6.45) is 4.55. The van der Waals surface area contributed by atoms with Crippen molar-refractivity contribution in [1.82, 2.24) is 15.3 Å². The SMILES string of the molecule is CCCc1nc(C2(c3ccccc3)CC2)nc2c1CNC2. The Bertz CT molecular complexity index is 660. The van der Waals surface area contributed by atoms with Crippen molar-refractivity contribution in [2.75, 3.05) is 0 Å². The van der Waals surface area contributed by atoms with Crippen molar-refractivity contribution in [3.63, 3.8) is 0 Å². The summed E-state index contributed by atoms with van der Waals surface area (Å²) in [6, 6.07) is 10.8. The molecular formula is C18H21N3. The first kappa shape index (κ1) is 13.0. The molecule has 0 unspecified atom stereocenters. The van der Waals surface area contributed by atoms with Gasteiger partial charge in [-0.05, 0) is 24.8 Å². The van der Waals surface area contributed by atoms with Gasteiger partial charge in [0, 0.05) is 24.3 Å². The van der Waals surface area contributed by atoms with Crippen molar-refractivity contribution in [1.29, 1.82) is 0 Å². The molecule has 1 fully saturated rings. The van der Waals surface area contributed by atoms with Gasteiger partial charge in [-0.25, -0.2) is 9.97 Å². The third-order valence-corrected chi connectivity index (χ3v) is 4.76. The Kier molecular flexibility index (Phi) is 3.03. The smallest absolute Gasteiger partial charge is 0.139 e. The molecule has 4 rings (SSSR count). The van der Waals surface area contributed by atoms with Gasteiger partial charge in [0.05, 0.1) is 11.1 Å². The number of hydrogen-bond donors (Lipinski definition) is 1. The second-order valence-corrected chi connectivity index (χ2v) is 6.22. The summed E-state index contributed by atoms with van der Waals surface area (Å²) in [5.41, 5.74) is 5.31. The summed E-state index contributed by atoms with van der Waals surface area (Å²) in [5, 5.41) is 3.42. The Morgan fingerprint density at radius 2 is 1.90 bits per heavy atom. The number of aryl methyl sites for hydroxylation is 1. The predicted octanol–water partition coefficient (Wildman–Crippen LogP) is 3.11. The topological polar surface area (TPSA) is 37.8 Å². The minimum atomic E-state index is 0.0847. The number of rotatable bonds is 4. The van der Waals surface area contributed by atoms with Crippen molar-refractivity contribution in [3.8, 4) is 0 Å². The lowest BCUT2D eigenvalue weighted by Gasteiger charge is -2.17. The molecule has 0 radical (unpaired) electrons. The molecule has 1 aliphatic carbocycles. The molecular weight excluding hydrogens is 258 g/mol. The van der Waals surface area contributed by atoms with Gasteiger partial charge >= 0.3 is 0 Å². The van der Waals surface area contributed by atoms with Crippen LogP contribution in [0.2, 0.25) is 0 Å². The number of fused-ring (bicyclic) bond motifs is 1. The van der Waals surface area contributed by atoms with E-state index >= 15 is 0 Å². The minimum Gasteiger partial charge on any atom is -0.307 e. The van der Waals surface area contributed by atoms with Crippen LogP contribution in [0.3, 0.4) is 0 Å². The van der Waals surface area contributed by atoms with Crippen LogP contribution >= 0.6 is 0 Å². The zero-order valence-corrected chi connectivity index (χ0v) is 12.5. The molecule has 2 aliphatic rings. The highest BCUT2D eigenvalue weighted by Gasteiger charge is 2.49. The largest absolute Gasteiger partial charge is 0.307 e. The van der Waals surface area contributed by atoms with Gasteiger partial charge < -0.3 is 5.32 Å². The zero-order valence-electron chi connectivity index (χ0n) is 12.5. The maximum absolute atomic E-state index is 4.99. The lowest BCUT2D eigenvalue weighted by molar-refractivity contribution is 0.716. The van der Waals surface area contributed by atoms with Gasteiger partial charge in [0.2, 0.25) is 0 Å². The van der Waals surface area contributed by atoms with Crippen LogP contribution in [0.1, 0.15) is 54.5 Å². The average Bonchev–Trinajstić information content (AvgIpc) is 3.20. The van der Waals surface area contributed by atoms with Crippen LogP contribution in [0.25, 0.3) is 0 Å². The van der Waals surface area contributed by atoms with E-state index in [1.165, 1.54) is 35.4 Å². The number of hydrogen-bond acceptors (Lipinski definition) is 3. The predicted molar refractivity (Wildman–Crippen MR) is 83.0 cm³/mol. The Morgan fingerprint density at radius 3 is 2.62 bits per heavy atom. The standard InChI is InChI=1S/C18H21N3/c1-2-6-15-14-11-19-12-16(14)21-17(20-15)18(9-10-18)13-7-4-3-5-8-13/h3-5,7-8,19H,2,6,9-12H2,1H3. The van der Waals surface area contributed by atoms with Crippen molar-refractivity contribution in [2.45, 2.75) is 51.1 Å².